The molecular formula is C12H4Cl3NO2. The van der Waals surface area contributed by atoms with Crippen molar-refractivity contribution in [3.05, 3.63) is 49.6 Å². The SMILES string of the molecule is O=c1c2nc3ccccc3oc-2c(Cl)c(Cl)c1Cl. The maximum Gasteiger partial charge on any atom is 0.228 e. The molecule has 0 bridgehead atoms. The molecule has 0 aromatic heterocycles. The van der Waals surface area contributed by atoms with Gasteiger partial charge in [-0.1, -0.05) is 46.9 Å². The molecule has 0 radical (unpaired) electrons. The average molecular weight is 301 g/mol. The Morgan fingerprint density at radius 3 is 2.50 bits per heavy atom. The van der Waals surface area contributed by atoms with Gasteiger partial charge in [-0.3, -0.25) is 4.79 Å². The van der Waals surface area contributed by atoms with Gasteiger partial charge in [-0.05, 0) is 12.1 Å². The van der Waals surface area contributed by atoms with E-state index in [0.29, 0.717) is 11.1 Å². The van der Waals surface area contributed by atoms with Crippen LogP contribution in [0.3, 0.4) is 0 Å². The van der Waals surface area contributed by atoms with Crippen LogP contribution >= 0.6 is 34.8 Å². The molecule has 1 heterocycles. The van der Waals surface area contributed by atoms with Gasteiger partial charge in [-0.2, -0.15) is 0 Å². The maximum absolute atomic E-state index is 11.9. The van der Waals surface area contributed by atoms with Crippen LogP contribution in [0.25, 0.3) is 22.6 Å². The second-order valence-electron chi connectivity index (χ2n) is 3.63. The molecule has 0 saturated carbocycles. The van der Waals surface area contributed by atoms with Gasteiger partial charge >= 0.3 is 0 Å². The number of hydrogen-bond acceptors (Lipinski definition) is 3. The summed E-state index contributed by atoms with van der Waals surface area (Å²) in [7, 11) is 0. The van der Waals surface area contributed by atoms with E-state index in [4.69, 9.17) is 39.2 Å². The predicted molar refractivity (Wildman–Crippen MR) is 71.9 cm³/mol. The van der Waals surface area contributed by atoms with Gasteiger partial charge in [0.05, 0.1) is 5.02 Å². The molecule has 0 unspecified atom stereocenters. The Kier molecular flexibility index (Phi) is 2.70. The minimum Gasteiger partial charge on any atom is -0.451 e. The quantitative estimate of drug-likeness (QED) is 0.460. The summed E-state index contributed by atoms with van der Waals surface area (Å²) in [5.74, 6) is 0.148. The molecule has 90 valence electrons. The van der Waals surface area contributed by atoms with Crippen LogP contribution in [0.15, 0.2) is 33.5 Å². The molecule has 1 aromatic carbocycles. The van der Waals surface area contributed by atoms with Crippen molar-refractivity contribution in [3.8, 4) is 11.5 Å². The molecule has 18 heavy (non-hydrogen) atoms. The third-order valence-electron chi connectivity index (χ3n) is 2.52. The molecule has 3 rings (SSSR count). The van der Waals surface area contributed by atoms with Gasteiger partial charge in [0.25, 0.3) is 0 Å². The minimum absolute atomic E-state index is 0.0170. The standard InChI is InChI=1S/C12H4Cl3NO2/c13-7-8(14)11(17)10-12(9(7)15)18-6-4-2-1-3-5(6)16-10/h1-4H. The fourth-order valence-electron chi connectivity index (χ4n) is 1.67. The van der Waals surface area contributed by atoms with Crippen LogP contribution in [0.5, 0.6) is 0 Å². The van der Waals surface area contributed by atoms with Gasteiger partial charge < -0.3 is 4.42 Å². The van der Waals surface area contributed by atoms with Crippen LogP contribution in [0.4, 0.5) is 0 Å². The van der Waals surface area contributed by atoms with E-state index < -0.39 is 5.43 Å². The predicted octanol–water partition coefficient (Wildman–Crippen LogP) is 4.25. The van der Waals surface area contributed by atoms with E-state index in [1.165, 1.54) is 0 Å². The van der Waals surface area contributed by atoms with Crippen molar-refractivity contribution in [2.24, 2.45) is 0 Å². The molecule has 2 aliphatic rings. The Morgan fingerprint density at radius 2 is 1.72 bits per heavy atom. The first kappa shape index (κ1) is 11.8. The molecule has 6 heteroatoms. The lowest BCUT2D eigenvalue weighted by Gasteiger charge is -2.09. The van der Waals surface area contributed by atoms with E-state index in [-0.39, 0.29) is 26.5 Å². The van der Waals surface area contributed by atoms with Crippen molar-refractivity contribution in [1.29, 1.82) is 0 Å². The third kappa shape index (κ3) is 1.59. The summed E-state index contributed by atoms with van der Waals surface area (Å²) < 4.78 is 5.56. The van der Waals surface area contributed by atoms with Gasteiger partial charge in [0.1, 0.15) is 15.6 Å². The number of rotatable bonds is 0. The van der Waals surface area contributed by atoms with E-state index in [0.717, 1.165) is 0 Å². The molecule has 0 fully saturated rings. The number of halogens is 3. The van der Waals surface area contributed by atoms with Crippen LogP contribution in [-0.4, -0.2) is 4.98 Å². The van der Waals surface area contributed by atoms with E-state index in [2.05, 4.69) is 4.98 Å². The summed E-state index contributed by atoms with van der Waals surface area (Å²) >= 11 is 17.7. The Labute approximate surface area is 116 Å². The molecule has 3 nitrogen and oxygen atoms in total. The summed E-state index contributed by atoms with van der Waals surface area (Å²) in [5, 5.41) is -0.0710. The minimum atomic E-state index is -0.490. The zero-order valence-electron chi connectivity index (χ0n) is 8.71. The molecule has 0 N–H and O–H groups in total. The second kappa shape index (κ2) is 4.12. The molecule has 0 atom stereocenters. The molecule has 0 saturated heterocycles. The highest BCUT2D eigenvalue weighted by Crippen LogP contribution is 2.37. The molecule has 0 amide bonds. The zero-order chi connectivity index (χ0) is 12.9. The van der Waals surface area contributed by atoms with Gasteiger partial charge in [-0.15, -0.1) is 0 Å². The van der Waals surface area contributed by atoms with Gasteiger partial charge in [0.2, 0.25) is 5.43 Å². The normalized spacial score (nSPS) is 11.3. The zero-order valence-corrected chi connectivity index (χ0v) is 11.0. The summed E-state index contributed by atoms with van der Waals surface area (Å²) in [6.45, 7) is 0. The smallest absolute Gasteiger partial charge is 0.228 e. The van der Waals surface area contributed by atoms with E-state index in [1.54, 1.807) is 24.3 Å². The van der Waals surface area contributed by atoms with Crippen LogP contribution in [0.1, 0.15) is 0 Å². The average Bonchev–Trinajstić information content (AvgIpc) is 2.41. The molecule has 1 aromatic rings. The Hall–Kier alpha value is -1.29. The second-order valence-corrected chi connectivity index (χ2v) is 4.76. The first-order chi connectivity index (χ1) is 8.59. The van der Waals surface area contributed by atoms with Crippen molar-refractivity contribution in [2.45, 2.75) is 0 Å². The lowest BCUT2D eigenvalue weighted by Crippen LogP contribution is -2.10. The highest BCUT2D eigenvalue weighted by molar-refractivity contribution is 6.49. The topological polar surface area (TPSA) is 43.1 Å². The molecule has 1 aliphatic heterocycles. The Morgan fingerprint density at radius 1 is 1.00 bits per heavy atom. The number of aromatic nitrogens is 1. The summed E-state index contributed by atoms with van der Waals surface area (Å²) in [5.41, 5.74) is 0.657. The van der Waals surface area contributed by atoms with Crippen molar-refractivity contribution in [3.63, 3.8) is 0 Å². The van der Waals surface area contributed by atoms with Crippen molar-refractivity contribution >= 4 is 45.9 Å². The fraction of sp³-hybridized carbons (Fsp3) is 0. The first-order valence-electron chi connectivity index (χ1n) is 4.95. The number of fused-ring (bicyclic) bond motifs is 2. The van der Waals surface area contributed by atoms with Gasteiger partial charge in [0, 0.05) is 0 Å². The van der Waals surface area contributed by atoms with Gasteiger partial charge in [0.15, 0.2) is 17.0 Å². The maximum atomic E-state index is 11.9. The number of nitrogens with zero attached hydrogens (tertiary/aromatic N) is 1. The van der Waals surface area contributed by atoms with E-state index in [9.17, 15) is 4.79 Å². The van der Waals surface area contributed by atoms with Gasteiger partial charge in [-0.25, -0.2) is 4.98 Å². The number of para-hydroxylation sites is 2. The van der Waals surface area contributed by atoms with Crippen molar-refractivity contribution < 1.29 is 4.42 Å². The van der Waals surface area contributed by atoms with Crippen LogP contribution in [0, 0.1) is 0 Å². The highest BCUT2D eigenvalue weighted by Gasteiger charge is 2.23. The number of hydrogen-bond donors (Lipinski definition) is 0. The van der Waals surface area contributed by atoms with Crippen LogP contribution < -0.4 is 5.43 Å². The number of benzene rings is 2. The lowest BCUT2D eigenvalue weighted by atomic mass is 10.2. The van der Waals surface area contributed by atoms with Crippen molar-refractivity contribution in [2.75, 3.05) is 0 Å². The lowest BCUT2D eigenvalue weighted by molar-refractivity contribution is 0.612. The molecular weight excluding hydrogens is 296 g/mol. The Bertz CT molecular complexity index is 797. The van der Waals surface area contributed by atoms with Crippen molar-refractivity contribution in [1.82, 2.24) is 4.98 Å². The first-order valence-corrected chi connectivity index (χ1v) is 6.09. The van der Waals surface area contributed by atoms with Crippen LogP contribution in [0.2, 0.25) is 15.1 Å². The van der Waals surface area contributed by atoms with Crippen LogP contribution in [-0.2, 0) is 0 Å². The van der Waals surface area contributed by atoms with E-state index in [1.807, 2.05) is 0 Å². The Balaban J connectivity index is 2.59. The highest BCUT2D eigenvalue weighted by atomic mass is 35.5. The monoisotopic (exact) mass is 299 g/mol. The molecule has 1 aliphatic carbocycles. The third-order valence-corrected chi connectivity index (χ3v) is 3.82. The fourth-order valence-corrected chi connectivity index (χ4v) is 2.29. The molecule has 0 spiro atoms. The summed E-state index contributed by atoms with van der Waals surface area (Å²) in [6, 6.07) is 7.04. The largest absolute Gasteiger partial charge is 0.451 e. The summed E-state index contributed by atoms with van der Waals surface area (Å²) in [6.07, 6.45) is 0. The van der Waals surface area contributed by atoms with E-state index >= 15 is 0 Å². The summed E-state index contributed by atoms with van der Waals surface area (Å²) in [4.78, 5) is 16.2.